The summed E-state index contributed by atoms with van der Waals surface area (Å²) in [5.41, 5.74) is -2.05. The highest BCUT2D eigenvalue weighted by molar-refractivity contribution is 5.94. The molecular formula is C14H8F3N2O4-. The number of nitrogens with zero attached hydrogens (tertiary/aromatic N) is 1. The molecule has 120 valence electrons. The van der Waals surface area contributed by atoms with Crippen LogP contribution in [0.2, 0.25) is 0 Å². The van der Waals surface area contributed by atoms with Crippen LogP contribution in [-0.4, -0.2) is 10.9 Å². The lowest BCUT2D eigenvalue weighted by atomic mass is 10.1. The Labute approximate surface area is 127 Å². The van der Waals surface area contributed by atoms with Crippen molar-refractivity contribution in [2.45, 2.75) is 6.18 Å². The number of alkyl halides is 3. The number of benzene rings is 2. The first-order valence-corrected chi connectivity index (χ1v) is 6.12. The highest BCUT2D eigenvalue weighted by Gasteiger charge is 2.30. The van der Waals surface area contributed by atoms with Crippen molar-refractivity contribution in [3.8, 4) is 0 Å². The summed E-state index contributed by atoms with van der Waals surface area (Å²) >= 11 is 0. The molecule has 2 rings (SSSR count). The molecule has 0 unspecified atom stereocenters. The second kappa shape index (κ2) is 5.95. The van der Waals surface area contributed by atoms with Crippen LogP contribution in [0.4, 0.5) is 30.2 Å². The topological polar surface area (TPSA) is 95.3 Å². The zero-order chi connectivity index (χ0) is 17.2. The number of non-ortho nitro benzene ring substituents is 1. The molecular weight excluding hydrogens is 317 g/mol. The first-order valence-electron chi connectivity index (χ1n) is 6.12. The maximum Gasteiger partial charge on any atom is 0.416 e. The third-order valence-electron chi connectivity index (χ3n) is 2.90. The SMILES string of the molecule is O=C([O-])c1cc([N+](=O)[O-])ccc1Nc1cccc(C(F)(F)F)c1. The molecule has 2 aromatic carbocycles. The second-order valence-electron chi connectivity index (χ2n) is 4.48. The van der Waals surface area contributed by atoms with E-state index >= 15 is 0 Å². The molecule has 6 nitrogen and oxygen atoms in total. The van der Waals surface area contributed by atoms with Gasteiger partial charge in [-0.3, -0.25) is 10.1 Å². The van der Waals surface area contributed by atoms with Gasteiger partial charge in [-0.05, 0) is 24.3 Å². The molecule has 0 atom stereocenters. The molecule has 0 radical (unpaired) electrons. The normalized spacial score (nSPS) is 11.1. The Balaban J connectivity index is 2.40. The fraction of sp³-hybridized carbons (Fsp3) is 0.0714. The number of carbonyl (C=O) groups excluding carboxylic acids is 1. The van der Waals surface area contributed by atoms with Gasteiger partial charge in [0.2, 0.25) is 0 Å². The van der Waals surface area contributed by atoms with E-state index in [9.17, 15) is 33.2 Å². The minimum atomic E-state index is -4.55. The summed E-state index contributed by atoms with van der Waals surface area (Å²) in [6.07, 6.45) is -4.55. The van der Waals surface area contributed by atoms with Crippen LogP contribution in [0.1, 0.15) is 15.9 Å². The Morgan fingerprint density at radius 3 is 2.39 bits per heavy atom. The molecule has 0 saturated heterocycles. The number of nitrogens with one attached hydrogen (secondary N) is 1. The van der Waals surface area contributed by atoms with E-state index in [2.05, 4.69) is 5.32 Å². The standard InChI is InChI=1S/C14H9F3N2O4/c15-14(16,17)8-2-1-3-9(6-8)18-12-5-4-10(19(22)23)7-11(12)13(20)21/h1-7,18H,(H,20,21)/p-1. The van der Waals surface area contributed by atoms with Crippen molar-refractivity contribution in [1.29, 1.82) is 0 Å². The minimum Gasteiger partial charge on any atom is -0.545 e. The summed E-state index contributed by atoms with van der Waals surface area (Å²) < 4.78 is 37.9. The van der Waals surface area contributed by atoms with Gasteiger partial charge in [-0.1, -0.05) is 6.07 Å². The first-order chi connectivity index (χ1) is 10.7. The fourth-order valence-electron chi connectivity index (χ4n) is 1.85. The van der Waals surface area contributed by atoms with E-state index in [-0.39, 0.29) is 11.4 Å². The Morgan fingerprint density at radius 2 is 1.83 bits per heavy atom. The van der Waals surface area contributed by atoms with Gasteiger partial charge < -0.3 is 15.2 Å². The van der Waals surface area contributed by atoms with Gasteiger partial charge >= 0.3 is 6.18 Å². The van der Waals surface area contributed by atoms with E-state index in [1.54, 1.807) is 0 Å². The van der Waals surface area contributed by atoms with Gasteiger partial charge in [-0.25, -0.2) is 0 Å². The number of nitro groups is 1. The maximum absolute atomic E-state index is 12.6. The molecule has 0 bridgehead atoms. The molecule has 0 aliphatic rings. The van der Waals surface area contributed by atoms with E-state index in [0.29, 0.717) is 0 Å². The van der Waals surface area contributed by atoms with Gasteiger partial charge in [0, 0.05) is 29.1 Å². The lowest BCUT2D eigenvalue weighted by Gasteiger charge is -2.14. The van der Waals surface area contributed by atoms with Gasteiger partial charge in [0.15, 0.2) is 0 Å². The average Bonchev–Trinajstić information content (AvgIpc) is 2.46. The van der Waals surface area contributed by atoms with Crippen molar-refractivity contribution in [3.63, 3.8) is 0 Å². The molecule has 0 aromatic heterocycles. The largest absolute Gasteiger partial charge is 0.545 e. The Morgan fingerprint density at radius 1 is 1.13 bits per heavy atom. The average molecular weight is 325 g/mol. The number of halogens is 3. The van der Waals surface area contributed by atoms with Gasteiger partial charge in [0.25, 0.3) is 5.69 Å². The summed E-state index contributed by atoms with van der Waals surface area (Å²) in [5, 5.41) is 24.2. The van der Waals surface area contributed by atoms with Crippen molar-refractivity contribution >= 4 is 23.0 Å². The molecule has 0 spiro atoms. The lowest BCUT2D eigenvalue weighted by molar-refractivity contribution is -0.385. The summed E-state index contributed by atoms with van der Waals surface area (Å²) in [7, 11) is 0. The number of carbonyl (C=O) groups is 1. The van der Waals surface area contributed by atoms with Crippen molar-refractivity contribution < 1.29 is 28.0 Å². The van der Waals surface area contributed by atoms with Gasteiger partial charge in [-0.2, -0.15) is 13.2 Å². The van der Waals surface area contributed by atoms with Crippen molar-refractivity contribution in [1.82, 2.24) is 0 Å². The molecule has 0 amide bonds. The molecule has 0 aliphatic carbocycles. The van der Waals surface area contributed by atoms with E-state index < -0.39 is 33.9 Å². The first kappa shape index (κ1) is 16.3. The zero-order valence-corrected chi connectivity index (χ0v) is 11.3. The van der Waals surface area contributed by atoms with Gasteiger partial charge in [0.05, 0.1) is 16.5 Å². The molecule has 1 N–H and O–H groups in total. The number of aromatic carboxylic acids is 1. The summed E-state index contributed by atoms with van der Waals surface area (Å²) in [5.74, 6) is -1.69. The highest BCUT2D eigenvalue weighted by Crippen LogP contribution is 2.32. The lowest BCUT2D eigenvalue weighted by Crippen LogP contribution is -2.23. The van der Waals surface area contributed by atoms with Crippen LogP contribution in [0.25, 0.3) is 0 Å². The van der Waals surface area contributed by atoms with Crippen LogP contribution in [0, 0.1) is 10.1 Å². The third kappa shape index (κ3) is 3.76. The minimum absolute atomic E-state index is 0.0174. The quantitative estimate of drug-likeness (QED) is 0.689. The summed E-state index contributed by atoms with van der Waals surface area (Å²) in [6.45, 7) is 0. The van der Waals surface area contributed by atoms with Crippen LogP contribution in [0.5, 0.6) is 0 Å². The monoisotopic (exact) mass is 325 g/mol. The number of carboxylic acids is 1. The van der Waals surface area contributed by atoms with Gasteiger partial charge in [0.1, 0.15) is 0 Å². The summed E-state index contributed by atoms with van der Waals surface area (Å²) in [6, 6.07) is 6.99. The van der Waals surface area contributed by atoms with E-state index in [4.69, 9.17) is 0 Å². The van der Waals surface area contributed by atoms with Crippen molar-refractivity contribution in [2.75, 3.05) is 5.32 Å². The number of anilines is 2. The Hall–Kier alpha value is -3.10. The van der Waals surface area contributed by atoms with Crippen LogP contribution in [0.15, 0.2) is 42.5 Å². The second-order valence-corrected chi connectivity index (χ2v) is 4.48. The molecule has 9 heteroatoms. The number of hydrogen-bond acceptors (Lipinski definition) is 5. The third-order valence-corrected chi connectivity index (χ3v) is 2.90. The van der Waals surface area contributed by atoms with Crippen LogP contribution in [0.3, 0.4) is 0 Å². The van der Waals surface area contributed by atoms with Crippen LogP contribution < -0.4 is 10.4 Å². The molecule has 0 fully saturated rings. The molecule has 0 saturated carbocycles. The molecule has 0 heterocycles. The number of hydrogen-bond donors (Lipinski definition) is 1. The van der Waals surface area contributed by atoms with Crippen LogP contribution >= 0.6 is 0 Å². The number of carboxylic acid groups (broad SMARTS) is 1. The van der Waals surface area contributed by atoms with Crippen molar-refractivity contribution in [2.24, 2.45) is 0 Å². The Bertz CT molecular complexity index is 775. The fourth-order valence-corrected chi connectivity index (χ4v) is 1.85. The molecule has 23 heavy (non-hydrogen) atoms. The molecule has 0 aliphatic heterocycles. The summed E-state index contributed by atoms with van der Waals surface area (Å²) in [4.78, 5) is 20.9. The van der Waals surface area contributed by atoms with E-state index in [0.717, 1.165) is 36.4 Å². The van der Waals surface area contributed by atoms with Crippen LogP contribution in [-0.2, 0) is 6.18 Å². The number of nitro benzene ring substituents is 1. The molecule has 2 aromatic rings. The number of rotatable bonds is 4. The zero-order valence-electron chi connectivity index (χ0n) is 11.3. The maximum atomic E-state index is 12.6. The predicted molar refractivity (Wildman–Crippen MR) is 72.2 cm³/mol. The smallest absolute Gasteiger partial charge is 0.416 e. The van der Waals surface area contributed by atoms with E-state index in [1.807, 2.05) is 0 Å². The van der Waals surface area contributed by atoms with Gasteiger partial charge in [-0.15, -0.1) is 0 Å². The van der Waals surface area contributed by atoms with E-state index in [1.165, 1.54) is 6.07 Å². The predicted octanol–water partition coefficient (Wildman–Crippen LogP) is 2.72. The Kier molecular flexibility index (Phi) is 4.21. The highest BCUT2D eigenvalue weighted by atomic mass is 19.4. The van der Waals surface area contributed by atoms with Crippen molar-refractivity contribution in [3.05, 3.63) is 63.7 Å².